The Kier molecular flexibility index (Phi) is 12.0. The van der Waals surface area contributed by atoms with Gasteiger partial charge in [0.15, 0.2) is 11.4 Å². The van der Waals surface area contributed by atoms with Gasteiger partial charge in [-0.05, 0) is 112 Å². The van der Waals surface area contributed by atoms with E-state index in [1.807, 2.05) is 22.1 Å². The molecule has 0 unspecified atom stereocenters. The molecule has 2 aliphatic rings. The zero-order chi connectivity index (χ0) is 45.0. The molecule has 8 aromatic rings. The molecule has 0 radical (unpaired) electrons. The Hall–Kier alpha value is -5.70. The van der Waals surface area contributed by atoms with Crippen LogP contribution in [0.3, 0.4) is 0 Å². The molecule has 10 heterocycles. The van der Waals surface area contributed by atoms with Crippen molar-refractivity contribution in [2.45, 2.75) is 44.7 Å². The molecule has 1 N–H and O–H groups in total. The molecule has 2 fully saturated rings. The summed E-state index contributed by atoms with van der Waals surface area (Å²) in [4.78, 5) is 42.9. The average molecular weight is 1000 g/mol. The van der Waals surface area contributed by atoms with E-state index < -0.39 is 35.7 Å². The van der Waals surface area contributed by atoms with Crippen LogP contribution in [-0.4, -0.2) is 99.2 Å². The molecule has 20 heteroatoms. The molecular formula is C44H42Br2F2N10O6. The summed E-state index contributed by atoms with van der Waals surface area (Å²) in [5.74, 6) is -2.51. The van der Waals surface area contributed by atoms with Crippen molar-refractivity contribution in [3.05, 3.63) is 104 Å². The molecule has 0 aliphatic carbocycles. The lowest BCUT2D eigenvalue weighted by atomic mass is 9.88. The van der Waals surface area contributed by atoms with E-state index in [-0.39, 0.29) is 28.9 Å². The van der Waals surface area contributed by atoms with E-state index >= 15 is 8.78 Å². The molecule has 0 aromatic carbocycles. The molecule has 0 spiro atoms. The summed E-state index contributed by atoms with van der Waals surface area (Å²) in [5.41, 5.74) is 6.59. The monoisotopic (exact) mass is 1000 g/mol. The number of fused-ring (bicyclic) bond motifs is 6. The summed E-state index contributed by atoms with van der Waals surface area (Å²) in [5, 5.41) is 18.6. The lowest BCUT2D eigenvalue weighted by molar-refractivity contribution is 0.0539. The van der Waals surface area contributed by atoms with E-state index in [0.717, 1.165) is 38.4 Å². The van der Waals surface area contributed by atoms with E-state index in [4.69, 9.17) is 14.2 Å². The molecule has 2 atom stereocenters. The van der Waals surface area contributed by atoms with Crippen LogP contribution < -0.4 is 0 Å². The van der Waals surface area contributed by atoms with Crippen molar-refractivity contribution in [3.63, 3.8) is 0 Å². The Morgan fingerprint density at radius 2 is 1.27 bits per heavy atom. The Morgan fingerprint density at radius 1 is 0.750 bits per heavy atom. The van der Waals surface area contributed by atoms with E-state index in [2.05, 4.69) is 62.0 Å². The predicted molar refractivity (Wildman–Crippen MR) is 238 cm³/mol. The zero-order valence-corrected chi connectivity index (χ0v) is 38.3. The number of hydrogen-bond acceptors (Lipinski definition) is 11. The normalized spacial score (nSPS) is 16.1. The van der Waals surface area contributed by atoms with Gasteiger partial charge >= 0.3 is 11.9 Å². The molecule has 64 heavy (non-hydrogen) atoms. The van der Waals surface area contributed by atoms with Gasteiger partial charge in [0.2, 0.25) is 0 Å². The fourth-order valence-corrected chi connectivity index (χ4v) is 10.0. The number of hydrogen-bond donors (Lipinski definition) is 1. The molecule has 10 rings (SSSR count). The van der Waals surface area contributed by atoms with E-state index in [9.17, 15) is 14.7 Å². The van der Waals surface area contributed by atoms with E-state index in [0.29, 0.717) is 78.1 Å². The van der Waals surface area contributed by atoms with Crippen LogP contribution in [0, 0.1) is 30.4 Å². The summed E-state index contributed by atoms with van der Waals surface area (Å²) >= 11 is 7.06. The Bertz CT molecular complexity index is 3100. The molecule has 8 aromatic heterocycles. The Morgan fingerprint density at radius 3 is 1.81 bits per heavy atom. The van der Waals surface area contributed by atoms with E-state index in [1.54, 1.807) is 55.7 Å². The Balaban J connectivity index is 0.000000162. The smallest absolute Gasteiger partial charge is 0.360 e. The van der Waals surface area contributed by atoms with Crippen LogP contribution >= 0.6 is 31.9 Å². The average Bonchev–Trinajstić information content (AvgIpc) is 4.03. The highest BCUT2D eigenvalue weighted by Crippen LogP contribution is 2.44. The van der Waals surface area contributed by atoms with Crippen molar-refractivity contribution in [2.75, 3.05) is 33.5 Å². The topological polar surface area (TPSA) is 179 Å². The molecule has 332 valence electrons. The number of aryl methyl sites for hydroxylation is 3. The van der Waals surface area contributed by atoms with Gasteiger partial charge in [-0.3, -0.25) is 29.3 Å². The summed E-state index contributed by atoms with van der Waals surface area (Å²) in [6.45, 7) is 4.20. The molecular weight excluding hydrogens is 962 g/mol. The van der Waals surface area contributed by atoms with Gasteiger partial charge in [0.1, 0.15) is 44.7 Å². The molecule has 0 bridgehead atoms. The van der Waals surface area contributed by atoms with Crippen molar-refractivity contribution in [2.24, 2.45) is 25.9 Å². The number of halogens is 4. The highest BCUT2D eigenvalue weighted by Gasteiger charge is 2.38. The maximum absolute atomic E-state index is 15.2. The largest absolute Gasteiger partial charge is 0.476 e. The van der Waals surface area contributed by atoms with E-state index in [1.165, 1.54) is 23.9 Å². The van der Waals surface area contributed by atoms with Crippen LogP contribution in [0.5, 0.6) is 0 Å². The number of esters is 1. The molecule has 0 amide bonds. The minimum Gasteiger partial charge on any atom is -0.476 e. The SMILES string of the molecule is COC(=O)c1nn(C)c2c3ncc(Br)cc3n([C@@H](c3ncccc3F)C3CCOCC3)c12.Cc1c(Br)cnc2c3c(c(C(=O)O)nn3C)n([C@@H](c3ncccc3F)C3CCOCC3)c12. The van der Waals surface area contributed by atoms with Crippen LogP contribution in [0.1, 0.15) is 75.7 Å². The van der Waals surface area contributed by atoms with Crippen molar-refractivity contribution in [1.82, 2.24) is 48.6 Å². The number of carbonyl (C=O) groups excluding carboxylic acids is 1. The predicted octanol–water partition coefficient (Wildman–Crippen LogP) is 8.26. The fourth-order valence-electron chi connectivity index (χ4n) is 9.43. The molecule has 16 nitrogen and oxygen atoms in total. The number of carboxylic acid groups (broad SMARTS) is 1. The first-order chi connectivity index (χ1) is 30.9. The summed E-state index contributed by atoms with van der Waals surface area (Å²) in [6.07, 6.45) is 9.41. The summed E-state index contributed by atoms with van der Waals surface area (Å²) < 4.78 is 55.0. The van der Waals surface area contributed by atoms with Crippen LogP contribution in [0.25, 0.3) is 44.1 Å². The third-order valence-corrected chi connectivity index (χ3v) is 13.5. The second-order valence-corrected chi connectivity index (χ2v) is 17.6. The number of rotatable bonds is 8. The van der Waals surface area contributed by atoms with Crippen molar-refractivity contribution >= 4 is 87.9 Å². The van der Waals surface area contributed by atoms with Gasteiger partial charge in [-0.15, -0.1) is 0 Å². The van der Waals surface area contributed by atoms with Crippen LogP contribution in [-0.2, 0) is 28.3 Å². The van der Waals surface area contributed by atoms with Gasteiger partial charge in [0.25, 0.3) is 0 Å². The van der Waals surface area contributed by atoms with Crippen molar-refractivity contribution in [1.29, 1.82) is 0 Å². The molecule has 2 aliphatic heterocycles. The lowest BCUT2D eigenvalue weighted by Gasteiger charge is -2.32. The number of pyridine rings is 4. The number of carbonyl (C=O) groups is 2. The highest BCUT2D eigenvalue weighted by molar-refractivity contribution is 9.10. The van der Waals surface area contributed by atoms with Gasteiger partial charge in [0, 0.05) is 74.3 Å². The number of methoxy groups -OCH3 is 1. The van der Waals surface area contributed by atoms with Gasteiger partial charge in [-0.25, -0.2) is 18.4 Å². The maximum Gasteiger partial charge on any atom is 0.360 e. The first kappa shape index (κ1) is 43.5. The van der Waals surface area contributed by atoms with Gasteiger partial charge in [-0.2, -0.15) is 10.2 Å². The number of carboxylic acids is 1. The zero-order valence-electron chi connectivity index (χ0n) is 35.1. The first-order valence-corrected chi connectivity index (χ1v) is 22.2. The highest BCUT2D eigenvalue weighted by atomic mass is 79.9. The second-order valence-electron chi connectivity index (χ2n) is 15.9. The van der Waals surface area contributed by atoms with Crippen LogP contribution in [0.2, 0.25) is 0 Å². The summed E-state index contributed by atoms with van der Waals surface area (Å²) in [6, 6.07) is 6.83. The maximum atomic E-state index is 15.2. The third-order valence-electron chi connectivity index (χ3n) is 12.3. The van der Waals surface area contributed by atoms with Crippen molar-refractivity contribution < 1.29 is 37.7 Å². The number of ether oxygens (including phenoxy) is 3. The summed E-state index contributed by atoms with van der Waals surface area (Å²) in [7, 11) is 4.77. The van der Waals surface area contributed by atoms with Gasteiger partial charge in [-0.1, -0.05) is 0 Å². The quantitative estimate of drug-likeness (QED) is 0.144. The molecule has 0 saturated carbocycles. The first-order valence-electron chi connectivity index (χ1n) is 20.6. The van der Waals surface area contributed by atoms with Crippen LogP contribution in [0.4, 0.5) is 8.78 Å². The second kappa shape index (κ2) is 17.7. The Labute approximate surface area is 380 Å². The van der Waals surface area contributed by atoms with Gasteiger partial charge < -0.3 is 28.5 Å². The van der Waals surface area contributed by atoms with Gasteiger partial charge in [0.05, 0.1) is 41.6 Å². The minimum absolute atomic E-state index is 0.00724. The van der Waals surface area contributed by atoms with Crippen LogP contribution in [0.15, 0.2) is 64.1 Å². The fraction of sp³-hybridized carbons (Fsp3) is 0.364. The number of aromatic carboxylic acids is 1. The minimum atomic E-state index is -1.15. The third kappa shape index (κ3) is 7.42. The standard InChI is InChI=1S/2C22H21BrFN5O3/c1-28-20-17-15(10-13(23)11-26-17)29(21(20)18(27-28)22(30)31-2)19(12-5-8-32-9-6-12)16-14(24)4-3-7-25-16;1-11-13(23)10-26-16-18(11)29(21-17(22(30)31)27-28(2)20(16)21)19(12-5-8-32-9-6-12)15-14(24)4-3-7-25-15/h3-4,7,10-12,19H,5-6,8-9H2,1-2H3;3-4,7,10,12,19H,5-6,8-9H2,1-2H3,(H,30,31)/t2*19-/m11/s1. The number of nitrogens with zero attached hydrogens (tertiary/aromatic N) is 10. The van der Waals surface area contributed by atoms with Crippen molar-refractivity contribution in [3.8, 4) is 0 Å². The number of aromatic nitrogens is 10. The molecule has 2 saturated heterocycles. The lowest BCUT2D eigenvalue weighted by Crippen LogP contribution is -2.28.